The fraction of sp³-hybridized carbons (Fsp3) is 0.0182. The first-order chi connectivity index (χ1) is 28.3. The predicted molar refractivity (Wildman–Crippen MR) is 243 cm³/mol. The van der Waals surface area contributed by atoms with Crippen LogP contribution in [-0.2, 0) is 5.41 Å². The fourth-order valence-electron chi connectivity index (χ4n) is 10.7. The quantitative estimate of drug-likeness (QED) is 0.159. The molecule has 0 saturated heterocycles. The molecule has 2 heteroatoms. The van der Waals surface area contributed by atoms with Gasteiger partial charge in [0.1, 0.15) is 0 Å². The van der Waals surface area contributed by atoms with Crippen LogP contribution in [0.25, 0.3) is 91.1 Å². The first-order valence-corrected chi connectivity index (χ1v) is 20.6. The maximum atomic E-state index is 2.59. The van der Waals surface area contributed by atoms with Crippen molar-refractivity contribution >= 4 is 85.6 Å². The van der Waals surface area contributed by atoms with Gasteiger partial charge in [-0.3, -0.25) is 0 Å². The van der Waals surface area contributed by atoms with Crippen LogP contribution in [0.15, 0.2) is 200 Å². The Labute approximate surface area is 333 Å². The van der Waals surface area contributed by atoms with Gasteiger partial charge in [0, 0.05) is 42.7 Å². The van der Waals surface area contributed by atoms with Gasteiger partial charge in [0.15, 0.2) is 0 Å². The Kier molecular flexibility index (Phi) is 6.31. The molecule has 2 heterocycles. The number of aromatic nitrogens is 1. The molecule has 0 unspecified atom stereocenters. The lowest BCUT2D eigenvalue weighted by atomic mass is 9.67. The van der Waals surface area contributed by atoms with E-state index in [2.05, 4.69) is 205 Å². The van der Waals surface area contributed by atoms with E-state index in [0.717, 1.165) is 0 Å². The van der Waals surface area contributed by atoms with Crippen LogP contribution in [-0.4, -0.2) is 4.57 Å². The number of hydrogen-bond acceptors (Lipinski definition) is 1. The molecular formula is C55H33NS. The molecule has 0 aliphatic heterocycles. The van der Waals surface area contributed by atoms with Crippen LogP contribution >= 0.6 is 11.3 Å². The molecule has 264 valence electrons. The highest BCUT2D eigenvalue weighted by molar-refractivity contribution is 7.27. The summed E-state index contributed by atoms with van der Waals surface area (Å²) in [4.78, 5) is 0. The summed E-state index contributed by atoms with van der Waals surface area (Å²) < 4.78 is 5.24. The number of thiophene rings is 1. The van der Waals surface area contributed by atoms with Crippen LogP contribution in [0, 0.1) is 0 Å². The molecule has 0 spiro atoms. The van der Waals surface area contributed by atoms with Crippen LogP contribution in [0.4, 0.5) is 0 Å². The maximum absolute atomic E-state index is 2.59. The first kappa shape index (κ1) is 31.2. The van der Waals surface area contributed by atoms with Crippen molar-refractivity contribution in [2.24, 2.45) is 0 Å². The molecule has 10 aromatic carbocycles. The zero-order valence-corrected chi connectivity index (χ0v) is 31.7. The Hall–Kier alpha value is -7.00. The zero-order chi connectivity index (χ0) is 37.2. The summed E-state index contributed by atoms with van der Waals surface area (Å²) in [6.07, 6.45) is 0. The molecule has 0 radical (unpaired) electrons. The Morgan fingerprint density at radius 3 is 1.60 bits per heavy atom. The van der Waals surface area contributed by atoms with Gasteiger partial charge < -0.3 is 4.57 Å². The molecule has 2 aromatic heterocycles. The van der Waals surface area contributed by atoms with Gasteiger partial charge in [0.25, 0.3) is 0 Å². The lowest BCUT2D eigenvalue weighted by Gasteiger charge is -2.34. The van der Waals surface area contributed by atoms with Crippen molar-refractivity contribution in [2.75, 3.05) is 0 Å². The van der Waals surface area contributed by atoms with Crippen LogP contribution in [0.1, 0.15) is 22.3 Å². The Morgan fingerprint density at radius 2 is 0.895 bits per heavy atom. The van der Waals surface area contributed by atoms with Crippen molar-refractivity contribution in [3.63, 3.8) is 0 Å². The second kappa shape index (κ2) is 11.5. The summed E-state index contributed by atoms with van der Waals surface area (Å²) in [6, 6.07) is 74.8. The van der Waals surface area contributed by atoms with E-state index in [1.54, 1.807) is 0 Å². The van der Waals surface area contributed by atoms with Gasteiger partial charge in [-0.1, -0.05) is 176 Å². The minimum absolute atomic E-state index is 0.488. The second-order valence-corrected chi connectivity index (χ2v) is 16.5. The largest absolute Gasteiger partial charge is 0.308 e. The molecule has 0 fully saturated rings. The molecule has 0 bridgehead atoms. The highest BCUT2D eigenvalue weighted by Gasteiger charge is 2.46. The van der Waals surface area contributed by atoms with Gasteiger partial charge >= 0.3 is 0 Å². The van der Waals surface area contributed by atoms with Crippen molar-refractivity contribution in [1.82, 2.24) is 4.57 Å². The number of fused-ring (bicyclic) bond motifs is 18. The Bertz CT molecular complexity index is 3590. The number of para-hydroxylation sites is 1. The highest BCUT2D eigenvalue weighted by Crippen LogP contribution is 2.57. The topological polar surface area (TPSA) is 4.93 Å². The smallest absolute Gasteiger partial charge is 0.0726 e. The average molecular weight is 740 g/mol. The van der Waals surface area contributed by atoms with Crippen LogP contribution in [0.3, 0.4) is 0 Å². The van der Waals surface area contributed by atoms with Gasteiger partial charge in [-0.25, -0.2) is 0 Å². The molecule has 12 aromatic rings. The van der Waals surface area contributed by atoms with E-state index in [9.17, 15) is 0 Å². The molecule has 13 rings (SSSR count). The van der Waals surface area contributed by atoms with E-state index in [1.165, 1.54) is 113 Å². The van der Waals surface area contributed by atoms with Crippen molar-refractivity contribution in [1.29, 1.82) is 0 Å². The third-order valence-corrected chi connectivity index (χ3v) is 14.0. The van der Waals surface area contributed by atoms with E-state index in [4.69, 9.17) is 0 Å². The molecule has 57 heavy (non-hydrogen) atoms. The lowest BCUT2D eigenvalue weighted by molar-refractivity contribution is 0.767. The SMILES string of the molecule is c1ccc(C2(c3ccccc3)c3ccccc3-c3ccc(-n4c5ccccc5c5c6c7ccccc7c7ccccc7c6c6c7ccccc7sc6c54)cc32)cc1. The Balaban J connectivity index is 1.25. The van der Waals surface area contributed by atoms with Gasteiger partial charge in [0.05, 0.1) is 21.1 Å². The van der Waals surface area contributed by atoms with Crippen molar-refractivity contribution < 1.29 is 0 Å². The third-order valence-electron chi connectivity index (χ3n) is 12.8. The molecule has 0 amide bonds. The van der Waals surface area contributed by atoms with E-state index < -0.39 is 5.41 Å². The van der Waals surface area contributed by atoms with E-state index in [1.807, 2.05) is 11.3 Å². The zero-order valence-electron chi connectivity index (χ0n) is 30.9. The number of hydrogen-bond donors (Lipinski definition) is 0. The average Bonchev–Trinajstić information content (AvgIpc) is 3.94. The van der Waals surface area contributed by atoms with Crippen LogP contribution < -0.4 is 0 Å². The summed E-state index contributed by atoms with van der Waals surface area (Å²) in [5.41, 5.74) is 11.0. The molecule has 1 nitrogen and oxygen atoms in total. The van der Waals surface area contributed by atoms with E-state index >= 15 is 0 Å². The van der Waals surface area contributed by atoms with Gasteiger partial charge in [-0.05, 0) is 79.2 Å². The summed E-state index contributed by atoms with van der Waals surface area (Å²) >= 11 is 1.93. The highest BCUT2D eigenvalue weighted by atomic mass is 32.1. The molecule has 1 aliphatic rings. The molecule has 0 N–H and O–H groups in total. The van der Waals surface area contributed by atoms with Crippen LogP contribution in [0.2, 0.25) is 0 Å². The minimum Gasteiger partial charge on any atom is -0.308 e. The molecular weight excluding hydrogens is 707 g/mol. The van der Waals surface area contributed by atoms with E-state index in [-0.39, 0.29) is 0 Å². The Morgan fingerprint density at radius 1 is 0.368 bits per heavy atom. The van der Waals surface area contributed by atoms with Crippen molar-refractivity contribution in [2.45, 2.75) is 5.41 Å². The molecule has 0 saturated carbocycles. The summed E-state index contributed by atoms with van der Waals surface area (Å²) in [7, 11) is 0. The number of nitrogens with zero attached hydrogens (tertiary/aromatic N) is 1. The molecule has 0 atom stereocenters. The summed E-state index contributed by atoms with van der Waals surface area (Å²) in [5, 5.41) is 13.2. The van der Waals surface area contributed by atoms with Gasteiger partial charge in [-0.2, -0.15) is 0 Å². The number of benzene rings is 10. The van der Waals surface area contributed by atoms with Gasteiger partial charge in [0.2, 0.25) is 0 Å². The van der Waals surface area contributed by atoms with Gasteiger partial charge in [-0.15, -0.1) is 11.3 Å². The lowest BCUT2D eigenvalue weighted by Crippen LogP contribution is -2.28. The number of rotatable bonds is 3. The summed E-state index contributed by atoms with van der Waals surface area (Å²) in [6.45, 7) is 0. The fourth-order valence-corrected chi connectivity index (χ4v) is 11.9. The maximum Gasteiger partial charge on any atom is 0.0726 e. The van der Waals surface area contributed by atoms with Crippen molar-refractivity contribution in [3.8, 4) is 16.8 Å². The van der Waals surface area contributed by atoms with E-state index in [0.29, 0.717) is 0 Å². The monoisotopic (exact) mass is 739 g/mol. The summed E-state index contributed by atoms with van der Waals surface area (Å²) in [5.74, 6) is 0. The van der Waals surface area contributed by atoms with Crippen molar-refractivity contribution in [3.05, 3.63) is 222 Å². The minimum atomic E-state index is -0.488. The predicted octanol–water partition coefficient (Wildman–Crippen LogP) is 15.0. The first-order valence-electron chi connectivity index (χ1n) is 19.8. The second-order valence-electron chi connectivity index (χ2n) is 15.5. The standard InChI is InChI=1S/C55H33NS/c1-3-17-34(18-4-1)55(35-19-5-2-6-20-35)45-28-14-11-23-39(45)40-32-31-36(33-46(40)55)56-47-29-15-12-26-43(47)51-49-41-24-9-7-21-37(41)38-22-8-10-25-42(38)50(49)52-44-27-13-16-30-48(44)57-54(52)53(51)56/h1-33H. The van der Waals surface area contributed by atoms with Crippen LogP contribution in [0.5, 0.6) is 0 Å². The normalized spacial score (nSPS) is 13.4. The molecule has 1 aliphatic carbocycles. The third kappa shape index (κ3) is 3.98.